The van der Waals surface area contributed by atoms with Crippen LogP contribution in [0.3, 0.4) is 0 Å². The molecular formula is C26H24N2O4. The zero-order valence-corrected chi connectivity index (χ0v) is 18.4. The summed E-state index contributed by atoms with van der Waals surface area (Å²) in [7, 11) is 3.05. The number of imide groups is 1. The Morgan fingerprint density at radius 2 is 1.41 bits per heavy atom. The van der Waals surface area contributed by atoms with Crippen molar-refractivity contribution < 1.29 is 19.1 Å². The van der Waals surface area contributed by atoms with Gasteiger partial charge < -0.3 is 14.8 Å². The lowest BCUT2D eigenvalue weighted by molar-refractivity contribution is -0.120. The molecule has 0 atom stereocenters. The Morgan fingerprint density at radius 1 is 0.750 bits per heavy atom. The molecule has 1 aliphatic rings. The summed E-state index contributed by atoms with van der Waals surface area (Å²) in [6.45, 7) is 3.97. The van der Waals surface area contributed by atoms with E-state index in [0.717, 1.165) is 21.7 Å². The fourth-order valence-electron chi connectivity index (χ4n) is 3.80. The zero-order valence-electron chi connectivity index (χ0n) is 18.4. The van der Waals surface area contributed by atoms with Gasteiger partial charge in [0, 0.05) is 11.3 Å². The summed E-state index contributed by atoms with van der Waals surface area (Å²) in [5.74, 6) is 0.0328. The quantitative estimate of drug-likeness (QED) is 0.576. The van der Waals surface area contributed by atoms with Crippen LogP contribution in [0, 0.1) is 13.8 Å². The van der Waals surface area contributed by atoms with Gasteiger partial charge in [-0.3, -0.25) is 9.59 Å². The van der Waals surface area contributed by atoms with Crippen LogP contribution < -0.4 is 19.7 Å². The molecule has 32 heavy (non-hydrogen) atoms. The number of carbonyl (C=O) groups excluding carboxylic acids is 2. The summed E-state index contributed by atoms with van der Waals surface area (Å²) in [5, 5.41) is 3.24. The molecule has 1 heterocycles. The van der Waals surface area contributed by atoms with Crippen molar-refractivity contribution in [2.45, 2.75) is 13.8 Å². The molecule has 4 rings (SSSR count). The van der Waals surface area contributed by atoms with Crippen molar-refractivity contribution in [1.29, 1.82) is 0 Å². The average Bonchev–Trinajstić information content (AvgIpc) is 3.05. The highest BCUT2D eigenvalue weighted by Gasteiger charge is 2.42. The zero-order chi connectivity index (χ0) is 22.8. The van der Waals surface area contributed by atoms with Crippen LogP contribution in [0.2, 0.25) is 0 Å². The van der Waals surface area contributed by atoms with Gasteiger partial charge in [-0.1, -0.05) is 42.5 Å². The van der Waals surface area contributed by atoms with Gasteiger partial charge in [-0.2, -0.15) is 0 Å². The number of nitrogens with zero attached hydrogens (tertiary/aromatic N) is 1. The molecule has 0 radical (unpaired) electrons. The van der Waals surface area contributed by atoms with Gasteiger partial charge in [0.1, 0.15) is 17.2 Å². The van der Waals surface area contributed by atoms with Gasteiger partial charge in [-0.05, 0) is 49.2 Å². The van der Waals surface area contributed by atoms with Crippen LogP contribution in [0.5, 0.6) is 11.5 Å². The van der Waals surface area contributed by atoms with Crippen molar-refractivity contribution in [3.8, 4) is 11.5 Å². The van der Waals surface area contributed by atoms with Crippen LogP contribution in [-0.4, -0.2) is 26.0 Å². The number of rotatable bonds is 6. The molecule has 0 fully saturated rings. The molecule has 2 amide bonds. The van der Waals surface area contributed by atoms with Crippen LogP contribution in [0.4, 0.5) is 11.4 Å². The Hall–Kier alpha value is -4.06. The lowest BCUT2D eigenvalue weighted by Gasteiger charge is -2.18. The molecule has 0 unspecified atom stereocenters. The van der Waals surface area contributed by atoms with Gasteiger partial charge in [-0.25, -0.2) is 4.90 Å². The van der Waals surface area contributed by atoms with Gasteiger partial charge in [0.25, 0.3) is 11.8 Å². The maximum Gasteiger partial charge on any atom is 0.282 e. The Balaban J connectivity index is 1.91. The molecule has 0 saturated carbocycles. The number of para-hydroxylation sites is 3. The van der Waals surface area contributed by atoms with Gasteiger partial charge in [-0.15, -0.1) is 0 Å². The molecule has 0 saturated heterocycles. The average molecular weight is 428 g/mol. The SMILES string of the molecule is COc1ccccc1C1=C(Nc2cccc(C)c2C)C(=O)N(c2ccccc2OC)C1=O. The topological polar surface area (TPSA) is 67.9 Å². The fraction of sp³-hybridized carbons (Fsp3) is 0.154. The van der Waals surface area contributed by atoms with Crippen molar-refractivity contribution in [3.63, 3.8) is 0 Å². The summed E-state index contributed by atoms with van der Waals surface area (Å²) in [6, 6.07) is 19.9. The Kier molecular flexibility index (Phi) is 5.69. The first-order chi connectivity index (χ1) is 15.5. The smallest absolute Gasteiger partial charge is 0.282 e. The summed E-state index contributed by atoms with van der Waals surface area (Å²) in [5.41, 5.74) is 4.20. The number of ether oxygens (including phenoxy) is 2. The van der Waals surface area contributed by atoms with Crippen LogP contribution in [0.1, 0.15) is 16.7 Å². The van der Waals surface area contributed by atoms with E-state index in [1.54, 1.807) is 36.4 Å². The van der Waals surface area contributed by atoms with Crippen molar-refractivity contribution in [3.05, 3.63) is 89.1 Å². The van der Waals surface area contributed by atoms with Crippen LogP contribution in [0.25, 0.3) is 5.57 Å². The second kappa shape index (κ2) is 8.59. The van der Waals surface area contributed by atoms with E-state index in [2.05, 4.69) is 5.32 Å². The number of nitrogens with one attached hydrogen (secondary N) is 1. The number of anilines is 2. The second-order valence-corrected chi connectivity index (χ2v) is 7.44. The third-order valence-corrected chi connectivity index (χ3v) is 5.65. The van der Waals surface area contributed by atoms with Crippen molar-refractivity contribution in [2.24, 2.45) is 0 Å². The monoisotopic (exact) mass is 428 g/mol. The number of carbonyl (C=O) groups is 2. The standard InChI is InChI=1S/C26H24N2O4/c1-16-10-9-12-19(17(16)2)27-24-23(18-11-5-7-14-21(18)31-3)25(29)28(26(24)30)20-13-6-8-15-22(20)32-4/h5-15,27H,1-4H3. The first-order valence-corrected chi connectivity index (χ1v) is 10.2. The molecule has 1 aliphatic heterocycles. The van der Waals surface area contributed by atoms with Crippen LogP contribution >= 0.6 is 0 Å². The highest BCUT2D eigenvalue weighted by Crippen LogP contribution is 2.40. The highest BCUT2D eigenvalue weighted by molar-refractivity contribution is 6.46. The minimum absolute atomic E-state index is 0.194. The number of amides is 2. The second-order valence-electron chi connectivity index (χ2n) is 7.44. The summed E-state index contributed by atoms with van der Waals surface area (Å²) < 4.78 is 10.9. The fourth-order valence-corrected chi connectivity index (χ4v) is 3.80. The largest absolute Gasteiger partial charge is 0.496 e. The molecule has 3 aromatic carbocycles. The molecule has 0 aromatic heterocycles. The number of hydrogen-bond donors (Lipinski definition) is 1. The van der Waals surface area contributed by atoms with Crippen molar-refractivity contribution >= 4 is 28.8 Å². The molecule has 0 spiro atoms. The van der Waals surface area contributed by atoms with E-state index >= 15 is 0 Å². The first-order valence-electron chi connectivity index (χ1n) is 10.2. The summed E-state index contributed by atoms with van der Waals surface area (Å²) >= 11 is 0. The third kappa shape index (κ3) is 3.50. The van der Waals surface area contributed by atoms with Crippen LogP contribution in [0.15, 0.2) is 72.4 Å². The molecule has 6 heteroatoms. The van der Waals surface area contributed by atoms with Gasteiger partial charge in [0.2, 0.25) is 0 Å². The number of methoxy groups -OCH3 is 2. The number of aryl methyl sites for hydroxylation is 1. The first kappa shape index (κ1) is 21.2. The number of benzene rings is 3. The molecule has 0 bridgehead atoms. The van der Waals surface area contributed by atoms with E-state index in [1.165, 1.54) is 14.2 Å². The Morgan fingerprint density at radius 3 is 2.12 bits per heavy atom. The van der Waals surface area contributed by atoms with E-state index < -0.39 is 11.8 Å². The predicted octanol–water partition coefficient (Wildman–Crippen LogP) is 4.72. The Bertz CT molecular complexity index is 1250. The third-order valence-electron chi connectivity index (χ3n) is 5.65. The van der Waals surface area contributed by atoms with E-state index in [-0.39, 0.29) is 11.3 Å². The van der Waals surface area contributed by atoms with Gasteiger partial charge >= 0.3 is 0 Å². The minimum Gasteiger partial charge on any atom is -0.496 e. The number of hydrogen-bond acceptors (Lipinski definition) is 5. The van der Waals surface area contributed by atoms with Gasteiger partial charge in [0.05, 0.1) is 25.5 Å². The maximum atomic E-state index is 13.7. The van der Waals surface area contributed by atoms with E-state index in [4.69, 9.17) is 9.47 Å². The molecule has 3 aromatic rings. The molecule has 0 aliphatic carbocycles. The molecule has 162 valence electrons. The Labute approximate surface area is 187 Å². The van der Waals surface area contributed by atoms with Gasteiger partial charge in [0.15, 0.2) is 0 Å². The minimum atomic E-state index is -0.457. The van der Waals surface area contributed by atoms with E-state index in [9.17, 15) is 9.59 Å². The lowest BCUT2D eigenvalue weighted by Crippen LogP contribution is -2.32. The van der Waals surface area contributed by atoms with E-state index in [1.807, 2.05) is 44.2 Å². The molecular weight excluding hydrogens is 404 g/mol. The molecule has 6 nitrogen and oxygen atoms in total. The normalized spacial score (nSPS) is 13.6. The lowest BCUT2D eigenvalue weighted by atomic mass is 10.0. The molecule has 1 N–H and O–H groups in total. The summed E-state index contributed by atoms with van der Waals surface area (Å²) in [6.07, 6.45) is 0. The predicted molar refractivity (Wildman–Crippen MR) is 125 cm³/mol. The van der Waals surface area contributed by atoms with Crippen LogP contribution in [-0.2, 0) is 9.59 Å². The summed E-state index contributed by atoms with van der Waals surface area (Å²) in [4.78, 5) is 28.5. The van der Waals surface area contributed by atoms with Crippen molar-refractivity contribution in [1.82, 2.24) is 0 Å². The van der Waals surface area contributed by atoms with E-state index in [0.29, 0.717) is 22.7 Å². The highest BCUT2D eigenvalue weighted by atomic mass is 16.5. The maximum absolute atomic E-state index is 13.7. The van der Waals surface area contributed by atoms with Crippen molar-refractivity contribution in [2.75, 3.05) is 24.4 Å².